The predicted octanol–water partition coefficient (Wildman–Crippen LogP) is 1.70. The van der Waals surface area contributed by atoms with Crippen molar-refractivity contribution in [2.75, 3.05) is 5.73 Å². The van der Waals surface area contributed by atoms with Gasteiger partial charge in [0.15, 0.2) is 0 Å². The van der Waals surface area contributed by atoms with Gasteiger partial charge >= 0.3 is 0 Å². The molecule has 0 amide bonds. The van der Waals surface area contributed by atoms with Crippen molar-refractivity contribution in [3.05, 3.63) is 29.6 Å². The number of nitrogens with zero attached hydrogens (tertiary/aromatic N) is 1. The van der Waals surface area contributed by atoms with Crippen LogP contribution in [0.15, 0.2) is 18.2 Å². The van der Waals surface area contributed by atoms with Crippen LogP contribution in [-0.4, -0.2) is 0 Å². The summed E-state index contributed by atoms with van der Waals surface area (Å²) in [4.78, 5) is 0. The van der Waals surface area contributed by atoms with Gasteiger partial charge < -0.3 is 5.73 Å². The lowest BCUT2D eigenvalue weighted by Crippen LogP contribution is -1.88. The molecule has 2 nitrogen and oxygen atoms in total. The van der Waals surface area contributed by atoms with E-state index in [1.54, 1.807) is 6.07 Å². The normalized spacial score (nSPS) is 8.00. The van der Waals surface area contributed by atoms with Gasteiger partial charge in [0.05, 0.1) is 5.56 Å². The minimum absolute atomic E-state index is 0. The van der Waals surface area contributed by atoms with E-state index in [4.69, 9.17) is 11.0 Å². The number of nitrogen functional groups attached to an aromatic ring is 1. The van der Waals surface area contributed by atoms with E-state index in [0.717, 1.165) is 0 Å². The maximum Gasteiger partial charge on any atom is 0.141 e. The number of hydrogen-bond acceptors (Lipinski definition) is 2. The van der Waals surface area contributed by atoms with Crippen molar-refractivity contribution < 1.29 is 4.39 Å². The molecule has 0 bridgehead atoms. The molecule has 0 aliphatic rings. The van der Waals surface area contributed by atoms with Gasteiger partial charge in [0.25, 0.3) is 0 Å². The van der Waals surface area contributed by atoms with Crippen LogP contribution < -0.4 is 5.73 Å². The van der Waals surface area contributed by atoms with E-state index in [1.165, 1.54) is 18.2 Å². The van der Waals surface area contributed by atoms with Crippen molar-refractivity contribution >= 4 is 18.1 Å². The predicted molar refractivity (Wildman–Crippen MR) is 42.8 cm³/mol. The molecule has 0 spiro atoms. The summed E-state index contributed by atoms with van der Waals surface area (Å²) >= 11 is 0. The Bertz CT molecular complexity index is 293. The molecule has 0 saturated heterocycles. The van der Waals surface area contributed by atoms with E-state index in [0.29, 0.717) is 5.69 Å². The van der Waals surface area contributed by atoms with E-state index in [2.05, 4.69) is 0 Å². The first-order valence-corrected chi connectivity index (χ1v) is 2.69. The van der Waals surface area contributed by atoms with E-state index in [9.17, 15) is 4.39 Å². The summed E-state index contributed by atoms with van der Waals surface area (Å²) in [5.74, 6) is -0.531. The lowest BCUT2D eigenvalue weighted by molar-refractivity contribution is 0.624. The molecule has 0 atom stereocenters. The van der Waals surface area contributed by atoms with Gasteiger partial charge in [-0.05, 0) is 18.2 Å². The minimum atomic E-state index is -0.531. The van der Waals surface area contributed by atoms with Crippen LogP contribution in [-0.2, 0) is 0 Å². The fourth-order valence-electron chi connectivity index (χ4n) is 0.629. The lowest BCUT2D eigenvalue weighted by atomic mass is 10.2. The second-order valence-corrected chi connectivity index (χ2v) is 1.85. The first-order chi connectivity index (χ1) is 4.74. The number of nitrogens with two attached hydrogens (primary N) is 1. The van der Waals surface area contributed by atoms with Crippen molar-refractivity contribution in [2.45, 2.75) is 0 Å². The highest BCUT2D eigenvalue weighted by molar-refractivity contribution is 5.85. The summed E-state index contributed by atoms with van der Waals surface area (Å²) in [7, 11) is 0. The van der Waals surface area contributed by atoms with Gasteiger partial charge in [-0.2, -0.15) is 5.26 Å². The maximum absolute atomic E-state index is 12.5. The molecule has 0 aliphatic heterocycles. The van der Waals surface area contributed by atoms with E-state index < -0.39 is 5.82 Å². The van der Waals surface area contributed by atoms with Crippen molar-refractivity contribution in [3.8, 4) is 6.07 Å². The summed E-state index contributed by atoms with van der Waals surface area (Å²) in [6.07, 6.45) is 0. The first kappa shape index (κ1) is 9.73. The SMILES string of the molecule is Cl.N#Cc1cc(N)ccc1F. The van der Waals surface area contributed by atoms with Crippen molar-refractivity contribution in [3.63, 3.8) is 0 Å². The van der Waals surface area contributed by atoms with E-state index >= 15 is 0 Å². The lowest BCUT2D eigenvalue weighted by Gasteiger charge is -1.93. The zero-order chi connectivity index (χ0) is 7.56. The third-order valence-corrected chi connectivity index (χ3v) is 1.11. The van der Waals surface area contributed by atoms with Crippen molar-refractivity contribution in [1.82, 2.24) is 0 Å². The number of anilines is 1. The van der Waals surface area contributed by atoms with Crippen LogP contribution in [0, 0.1) is 17.1 Å². The molecule has 1 aromatic carbocycles. The number of benzene rings is 1. The van der Waals surface area contributed by atoms with Crippen molar-refractivity contribution in [2.24, 2.45) is 0 Å². The molecule has 1 aromatic rings. The van der Waals surface area contributed by atoms with Gasteiger partial charge in [-0.1, -0.05) is 0 Å². The van der Waals surface area contributed by atoms with Gasteiger partial charge in [-0.3, -0.25) is 0 Å². The molecule has 0 unspecified atom stereocenters. The van der Waals surface area contributed by atoms with Crippen LogP contribution in [0.1, 0.15) is 5.56 Å². The fourth-order valence-corrected chi connectivity index (χ4v) is 0.629. The molecular weight excluding hydrogens is 167 g/mol. The Labute approximate surface area is 69.8 Å². The average Bonchev–Trinajstić information content (AvgIpc) is 1.94. The molecule has 2 N–H and O–H groups in total. The van der Waals surface area contributed by atoms with Crippen LogP contribution in [0.2, 0.25) is 0 Å². The van der Waals surface area contributed by atoms with Gasteiger partial charge in [-0.15, -0.1) is 12.4 Å². The Morgan fingerprint density at radius 1 is 1.45 bits per heavy atom. The standard InChI is InChI=1S/C7H5FN2.ClH/c8-7-2-1-6(10)3-5(7)4-9;/h1-3H,10H2;1H. The summed E-state index contributed by atoms with van der Waals surface area (Å²) in [5, 5.41) is 8.30. The molecule has 0 aromatic heterocycles. The van der Waals surface area contributed by atoms with Crippen LogP contribution in [0.25, 0.3) is 0 Å². The zero-order valence-corrected chi connectivity index (χ0v) is 6.36. The monoisotopic (exact) mass is 172 g/mol. The van der Waals surface area contributed by atoms with Crippen LogP contribution in [0.3, 0.4) is 0 Å². The summed E-state index contributed by atoms with van der Waals surface area (Å²) in [6.45, 7) is 0. The Morgan fingerprint density at radius 3 is 2.55 bits per heavy atom. The fraction of sp³-hybridized carbons (Fsp3) is 0. The Balaban J connectivity index is 0.000001000. The van der Waals surface area contributed by atoms with E-state index in [-0.39, 0.29) is 18.0 Å². The molecule has 0 fully saturated rings. The largest absolute Gasteiger partial charge is 0.399 e. The Kier molecular flexibility index (Phi) is 3.35. The highest BCUT2D eigenvalue weighted by Gasteiger charge is 1.98. The van der Waals surface area contributed by atoms with E-state index in [1.807, 2.05) is 0 Å². The molecule has 0 saturated carbocycles. The molecule has 0 heterocycles. The highest BCUT2D eigenvalue weighted by atomic mass is 35.5. The molecule has 0 radical (unpaired) electrons. The maximum atomic E-state index is 12.5. The number of halogens is 2. The summed E-state index contributed by atoms with van der Waals surface area (Å²) < 4.78 is 12.5. The Morgan fingerprint density at radius 2 is 2.09 bits per heavy atom. The zero-order valence-electron chi connectivity index (χ0n) is 5.54. The number of hydrogen-bond donors (Lipinski definition) is 1. The molecule has 1 rings (SSSR count). The average molecular weight is 173 g/mol. The van der Waals surface area contributed by atoms with Gasteiger partial charge in [0.1, 0.15) is 11.9 Å². The first-order valence-electron chi connectivity index (χ1n) is 2.69. The molecule has 4 heteroatoms. The van der Waals surface area contributed by atoms with Gasteiger partial charge in [0, 0.05) is 5.69 Å². The van der Waals surface area contributed by atoms with Gasteiger partial charge in [0.2, 0.25) is 0 Å². The molecular formula is C7H6ClFN2. The van der Waals surface area contributed by atoms with Crippen LogP contribution in [0.4, 0.5) is 10.1 Å². The molecule has 11 heavy (non-hydrogen) atoms. The summed E-state index contributed by atoms with van der Waals surface area (Å²) in [6, 6.07) is 5.57. The second kappa shape index (κ2) is 3.79. The second-order valence-electron chi connectivity index (χ2n) is 1.85. The number of nitriles is 1. The van der Waals surface area contributed by atoms with Crippen LogP contribution >= 0.6 is 12.4 Å². The molecule has 0 aliphatic carbocycles. The van der Waals surface area contributed by atoms with Crippen molar-refractivity contribution in [1.29, 1.82) is 5.26 Å². The third-order valence-electron chi connectivity index (χ3n) is 1.11. The van der Waals surface area contributed by atoms with Gasteiger partial charge in [-0.25, -0.2) is 4.39 Å². The minimum Gasteiger partial charge on any atom is -0.399 e. The topological polar surface area (TPSA) is 49.8 Å². The highest BCUT2D eigenvalue weighted by Crippen LogP contribution is 2.09. The van der Waals surface area contributed by atoms with Crippen LogP contribution in [0.5, 0.6) is 0 Å². The smallest absolute Gasteiger partial charge is 0.141 e. The third kappa shape index (κ3) is 2.10. The Hall–Kier alpha value is -1.27. The number of rotatable bonds is 0. The summed E-state index contributed by atoms with van der Waals surface area (Å²) in [5.41, 5.74) is 5.67. The quantitative estimate of drug-likeness (QED) is 0.606. The molecule has 58 valence electrons.